The fraction of sp³-hybridized carbons (Fsp3) is 0.100. The summed E-state index contributed by atoms with van der Waals surface area (Å²) in [5.74, 6) is -0.0787. The van der Waals surface area contributed by atoms with E-state index in [1.165, 1.54) is 11.1 Å². The number of pyridine rings is 1. The highest BCUT2D eigenvalue weighted by atomic mass is 16.1. The van der Waals surface area contributed by atoms with Gasteiger partial charge in [0.25, 0.3) is 5.91 Å². The maximum atomic E-state index is 12.3. The van der Waals surface area contributed by atoms with Crippen LogP contribution in [-0.2, 0) is 6.42 Å². The van der Waals surface area contributed by atoms with E-state index in [1.807, 2.05) is 67.6 Å². The molecule has 1 aromatic heterocycles. The summed E-state index contributed by atoms with van der Waals surface area (Å²) in [6.07, 6.45) is 4.45. The molecule has 2 aromatic carbocycles. The van der Waals surface area contributed by atoms with E-state index in [0.29, 0.717) is 5.56 Å². The molecule has 23 heavy (non-hydrogen) atoms. The van der Waals surface area contributed by atoms with Gasteiger partial charge in [-0.05, 0) is 60.4 Å². The van der Waals surface area contributed by atoms with Gasteiger partial charge in [0, 0.05) is 23.6 Å². The van der Waals surface area contributed by atoms with Crippen molar-refractivity contribution in [1.29, 1.82) is 0 Å². The smallest absolute Gasteiger partial charge is 0.255 e. The average molecular weight is 302 g/mol. The molecule has 3 nitrogen and oxygen atoms in total. The molecular formula is C20H18N2O. The lowest BCUT2D eigenvalue weighted by Crippen LogP contribution is -2.13. The van der Waals surface area contributed by atoms with E-state index in [9.17, 15) is 4.79 Å². The third-order valence-electron chi connectivity index (χ3n) is 3.76. The third kappa shape index (κ3) is 3.83. The summed E-state index contributed by atoms with van der Waals surface area (Å²) in [6, 6.07) is 19.5. The number of carbonyl (C=O) groups excluding carboxylic acids is 1. The molecule has 0 aliphatic carbocycles. The standard InChI is InChI=1S/C20H18N2O/c1-15-4-2-3-5-19(15)20(23)22-18-8-6-16(7-9-18)14-17-10-12-21-13-11-17/h2-13H,14H2,1H3,(H,22,23). The van der Waals surface area contributed by atoms with E-state index in [0.717, 1.165) is 17.7 Å². The second-order valence-electron chi connectivity index (χ2n) is 5.50. The number of hydrogen-bond donors (Lipinski definition) is 1. The largest absolute Gasteiger partial charge is 0.322 e. The number of amides is 1. The second-order valence-corrected chi connectivity index (χ2v) is 5.50. The van der Waals surface area contributed by atoms with Crippen LogP contribution in [0.5, 0.6) is 0 Å². The molecule has 3 heteroatoms. The highest BCUT2D eigenvalue weighted by Gasteiger charge is 2.08. The SMILES string of the molecule is Cc1ccccc1C(=O)Nc1ccc(Cc2ccncc2)cc1. The number of anilines is 1. The van der Waals surface area contributed by atoms with Crippen LogP contribution in [-0.4, -0.2) is 10.9 Å². The van der Waals surface area contributed by atoms with Crippen LogP contribution >= 0.6 is 0 Å². The molecule has 0 bridgehead atoms. The van der Waals surface area contributed by atoms with Crippen molar-refractivity contribution in [2.75, 3.05) is 5.32 Å². The van der Waals surface area contributed by atoms with Crippen LogP contribution in [0.4, 0.5) is 5.69 Å². The van der Waals surface area contributed by atoms with Gasteiger partial charge in [-0.15, -0.1) is 0 Å². The Morgan fingerprint density at radius 2 is 1.57 bits per heavy atom. The average Bonchev–Trinajstić information content (AvgIpc) is 2.58. The number of aryl methyl sites for hydroxylation is 1. The Kier molecular flexibility index (Phi) is 4.48. The second kappa shape index (κ2) is 6.88. The van der Waals surface area contributed by atoms with Crippen molar-refractivity contribution in [3.8, 4) is 0 Å². The molecule has 1 heterocycles. The van der Waals surface area contributed by atoms with Crippen LogP contribution in [0.1, 0.15) is 27.0 Å². The van der Waals surface area contributed by atoms with E-state index in [2.05, 4.69) is 10.3 Å². The minimum Gasteiger partial charge on any atom is -0.322 e. The Labute approximate surface area is 136 Å². The minimum atomic E-state index is -0.0787. The predicted molar refractivity (Wildman–Crippen MR) is 92.6 cm³/mol. The fourth-order valence-electron chi connectivity index (χ4n) is 2.47. The van der Waals surface area contributed by atoms with Gasteiger partial charge >= 0.3 is 0 Å². The molecule has 0 atom stereocenters. The van der Waals surface area contributed by atoms with Crippen LogP contribution in [0.25, 0.3) is 0 Å². The zero-order valence-electron chi connectivity index (χ0n) is 13.0. The topological polar surface area (TPSA) is 42.0 Å². The van der Waals surface area contributed by atoms with Crippen molar-refractivity contribution in [3.05, 3.63) is 95.3 Å². The summed E-state index contributed by atoms with van der Waals surface area (Å²) in [4.78, 5) is 16.3. The summed E-state index contributed by atoms with van der Waals surface area (Å²) in [6.45, 7) is 1.94. The van der Waals surface area contributed by atoms with Gasteiger partial charge in [-0.1, -0.05) is 30.3 Å². The van der Waals surface area contributed by atoms with Crippen LogP contribution in [0.3, 0.4) is 0 Å². The Balaban J connectivity index is 1.68. The lowest BCUT2D eigenvalue weighted by atomic mass is 10.1. The van der Waals surface area contributed by atoms with E-state index in [1.54, 1.807) is 12.4 Å². The maximum Gasteiger partial charge on any atom is 0.255 e. The lowest BCUT2D eigenvalue weighted by Gasteiger charge is -2.08. The number of rotatable bonds is 4. The Hall–Kier alpha value is -2.94. The molecule has 0 aliphatic rings. The molecule has 0 spiro atoms. The summed E-state index contributed by atoms with van der Waals surface area (Å²) < 4.78 is 0. The van der Waals surface area contributed by atoms with Gasteiger partial charge in [-0.25, -0.2) is 0 Å². The van der Waals surface area contributed by atoms with E-state index < -0.39 is 0 Å². The van der Waals surface area contributed by atoms with Crippen LogP contribution < -0.4 is 5.32 Å². The molecule has 1 N–H and O–H groups in total. The van der Waals surface area contributed by atoms with Gasteiger partial charge in [0.15, 0.2) is 0 Å². The van der Waals surface area contributed by atoms with Crippen LogP contribution in [0.15, 0.2) is 73.1 Å². The monoisotopic (exact) mass is 302 g/mol. The summed E-state index contributed by atoms with van der Waals surface area (Å²) >= 11 is 0. The lowest BCUT2D eigenvalue weighted by molar-refractivity contribution is 0.102. The van der Waals surface area contributed by atoms with Crippen molar-refractivity contribution in [1.82, 2.24) is 4.98 Å². The van der Waals surface area contributed by atoms with Crippen molar-refractivity contribution in [2.24, 2.45) is 0 Å². The molecule has 1 amide bonds. The highest BCUT2D eigenvalue weighted by Crippen LogP contribution is 2.15. The summed E-state index contributed by atoms with van der Waals surface area (Å²) in [5, 5.41) is 2.94. The summed E-state index contributed by atoms with van der Waals surface area (Å²) in [5.41, 5.74) is 4.89. The van der Waals surface area contributed by atoms with Gasteiger partial charge in [0.2, 0.25) is 0 Å². The zero-order chi connectivity index (χ0) is 16.1. The molecule has 3 aromatic rings. The van der Waals surface area contributed by atoms with Gasteiger partial charge in [0.05, 0.1) is 0 Å². The third-order valence-corrected chi connectivity index (χ3v) is 3.76. The number of carbonyl (C=O) groups is 1. The van der Waals surface area contributed by atoms with Gasteiger partial charge < -0.3 is 5.32 Å². The Morgan fingerprint density at radius 3 is 2.26 bits per heavy atom. The first-order chi connectivity index (χ1) is 11.2. The first-order valence-electron chi connectivity index (χ1n) is 7.57. The maximum absolute atomic E-state index is 12.3. The molecule has 0 aliphatic heterocycles. The number of nitrogens with zero attached hydrogens (tertiary/aromatic N) is 1. The Bertz CT molecular complexity index is 795. The molecule has 0 unspecified atom stereocenters. The number of nitrogens with one attached hydrogen (secondary N) is 1. The van der Waals surface area contributed by atoms with E-state index in [4.69, 9.17) is 0 Å². The highest BCUT2D eigenvalue weighted by molar-refractivity contribution is 6.05. The molecule has 114 valence electrons. The summed E-state index contributed by atoms with van der Waals surface area (Å²) in [7, 11) is 0. The van der Waals surface area contributed by atoms with Crippen molar-refractivity contribution < 1.29 is 4.79 Å². The van der Waals surface area contributed by atoms with Crippen molar-refractivity contribution >= 4 is 11.6 Å². The van der Waals surface area contributed by atoms with E-state index in [-0.39, 0.29) is 5.91 Å². The molecule has 3 rings (SSSR count). The zero-order valence-corrected chi connectivity index (χ0v) is 13.0. The van der Waals surface area contributed by atoms with Gasteiger partial charge in [-0.3, -0.25) is 9.78 Å². The number of aromatic nitrogens is 1. The molecule has 0 fully saturated rings. The van der Waals surface area contributed by atoms with Gasteiger partial charge in [-0.2, -0.15) is 0 Å². The number of benzene rings is 2. The first-order valence-corrected chi connectivity index (χ1v) is 7.57. The normalized spacial score (nSPS) is 10.3. The predicted octanol–water partition coefficient (Wildman–Crippen LogP) is 4.23. The van der Waals surface area contributed by atoms with Gasteiger partial charge in [0.1, 0.15) is 0 Å². The van der Waals surface area contributed by atoms with Crippen LogP contribution in [0.2, 0.25) is 0 Å². The molecule has 0 radical (unpaired) electrons. The van der Waals surface area contributed by atoms with Crippen LogP contribution in [0, 0.1) is 6.92 Å². The first kappa shape index (κ1) is 15.0. The van der Waals surface area contributed by atoms with Crippen molar-refractivity contribution in [2.45, 2.75) is 13.3 Å². The fourth-order valence-corrected chi connectivity index (χ4v) is 2.47. The quantitative estimate of drug-likeness (QED) is 0.783. The van der Waals surface area contributed by atoms with Crippen molar-refractivity contribution in [3.63, 3.8) is 0 Å². The van der Waals surface area contributed by atoms with E-state index >= 15 is 0 Å². The molecule has 0 saturated heterocycles. The Morgan fingerprint density at radius 1 is 0.913 bits per heavy atom. The molecule has 0 saturated carbocycles. The molecular weight excluding hydrogens is 284 g/mol. The number of hydrogen-bond acceptors (Lipinski definition) is 2. The minimum absolute atomic E-state index is 0.0787.